The Morgan fingerprint density at radius 3 is 2.86 bits per heavy atom. The zero-order valence-corrected chi connectivity index (χ0v) is 13.5. The molecule has 21 heavy (non-hydrogen) atoms. The van der Waals surface area contributed by atoms with Gasteiger partial charge in [-0.2, -0.15) is 0 Å². The van der Waals surface area contributed by atoms with Gasteiger partial charge in [0.15, 0.2) is 0 Å². The number of nitrogens with one attached hydrogen (secondary N) is 2. The molecule has 1 aromatic heterocycles. The van der Waals surface area contributed by atoms with Crippen molar-refractivity contribution in [1.82, 2.24) is 10.3 Å². The van der Waals surface area contributed by atoms with Gasteiger partial charge in [-0.05, 0) is 63.8 Å². The molecule has 0 saturated carbocycles. The maximum atomic E-state index is 12.4. The third kappa shape index (κ3) is 2.93. The summed E-state index contributed by atoms with van der Waals surface area (Å²) < 4.78 is 0. The van der Waals surface area contributed by atoms with Crippen LogP contribution in [0.2, 0.25) is 5.02 Å². The number of hydrogen-bond donors (Lipinski definition) is 2. The van der Waals surface area contributed by atoms with Crippen LogP contribution in [0.15, 0.2) is 18.2 Å². The molecule has 4 heteroatoms. The van der Waals surface area contributed by atoms with Crippen molar-refractivity contribution >= 4 is 28.4 Å². The summed E-state index contributed by atoms with van der Waals surface area (Å²) in [6.07, 6.45) is 2.61. The predicted octanol–water partition coefficient (Wildman–Crippen LogP) is 3.84. The van der Waals surface area contributed by atoms with Gasteiger partial charge in [0.05, 0.1) is 0 Å². The molecule has 2 N–H and O–H groups in total. The molecule has 1 atom stereocenters. The van der Waals surface area contributed by atoms with Crippen molar-refractivity contribution in [2.45, 2.75) is 45.6 Å². The zero-order valence-electron chi connectivity index (χ0n) is 12.7. The summed E-state index contributed by atoms with van der Waals surface area (Å²) in [5.74, 6) is 0.208. The predicted molar refractivity (Wildman–Crippen MR) is 86.7 cm³/mol. The number of aromatic nitrogens is 1. The van der Waals surface area contributed by atoms with Gasteiger partial charge in [-0.15, -0.1) is 0 Å². The number of hydrogen-bond acceptors (Lipinski definition) is 1. The number of fused-ring (bicyclic) bond motifs is 3. The van der Waals surface area contributed by atoms with Gasteiger partial charge >= 0.3 is 0 Å². The van der Waals surface area contributed by atoms with E-state index in [0.29, 0.717) is 0 Å². The lowest BCUT2D eigenvalue weighted by atomic mass is 9.85. The summed E-state index contributed by atoms with van der Waals surface area (Å²) in [6.45, 7) is 6.06. The fraction of sp³-hybridized carbons (Fsp3) is 0.471. The highest BCUT2D eigenvalue weighted by Crippen LogP contribution is 2.33. The topological polar surface area (TPSA) is 44.9 Å². The highest BCUT2D eigenvalue weighted by atomic mass is 35.5. The number of rotatable bonds is 1. The van der Waals surface area contributed by atoms with Crippen LogP contribution in [0.25, 0.3) is 10.9 Å². The molecule has 1 amide bonds. The summed E-state index contributed by atoms with van der Waals surface area (Å²) in [7, 11) is 0. The van der Waals surface area contributed by atoms with Crippen LogP contribution in [-0.2, 0) is 17.6 Å². The SMILES string of the molecule is CC(C)(C)NC(=O)C1CCc2[nH]c3ccc(Cl)cc3c2C1. The molecule has 1 unspecified atom stereocenters. The summed E-state index contributed by atoms with van der Waals surface area (Å²) in [4.78, 5) is 15.9. The number of H-pyrrole nitrogens is 1. The monoisotopic (exact) mass is 304 g/mol. The van der Waals surface area contributed by atoms with E-state index in [-0.39, 0.29) is 17.4 Å². The third-order valence-corrected chi connectivity index (χ3v) is 4.25. The van der Waals surface area contributed by atoms with E-state index < -0.39 is 0 Å². The molecule has 0 radical (unpaired) electrons. The van der Waals surface area contributed by atoms with E-state index in [1.165, 1.54) is 11.3 Å². The Hall–Kier alpha value is -1.48. The maximum absolute atomic E-state index is 12.4. The molecule has 3 rings (SSSR count). The zero-order chi connectivity index (χ0) is 15.2. The molecular formula is C17H21ClN2O. The van der Waals surface area contributed by atoms with Crippen LogP contribution in [0.4, 0.5) is 0 Å². The first-order valence-electron chi connectivity index (χ1n) is 7.44. The van der Waals surface area contributed by atoms with Crippen LogP contribution in [0.1, 0.15) is 38.4 Å². The van der Waals surface area contributed by atoms with E-state index in [1.807, 2.05) is 39.0 Å². The van der Waals surface area contributed by atoms with E-state index in [4.69, 9.17) is 11.6 Å². The second-order valence-electron chi connectivity index (χ2n) is 6.95. The second kappa shape index (κ2) is 5.06. The van der Waals surface area contributed by atoms with Gasteiger partial charge in [-0.1, -0.05) is 11.6 Å². The highest BCUT2D eigenvalue weighted by Gasteiger charge is 2.29. The Balaban J connectivity index is 1.89. The molecule has 0 fully saturated rings. The van der Waals surface area contributed by atoms with Crippen molar-refractivity contribution in [1.29, 1.82) is 0 Å². The number of benzene rings is 1. The van der Waals surface area contributed by atoms with E-state index in [0.717, 1.165) is 35.2 Å². The Labute approximate surface area is 130 Å². The first-order chi connectivity index (χ1) is 9.83. The minimum absolute atomic E-state index is 0.0507. The molecule has 0 bridgehead atoms. The molecule has 2 aromatic rings. The molecule has 0 aliphatic heterocycles. The van der Waals surface area contributed by atoms with E-state index in [1.54, 1.807) is 0 Å². The lowest BCUT2D eigenvalue weighted by Crippen LogP contribution is -2.45. The molecule has 112 valence electrons. The number of amides is 1. The molecule has 0 saturated heterocycles. The lowest BCUT2D eigenvalue weighted by Gasteiger charge is -2.27. The minimum atomic E-state index is -0.180. The molecule has 1 aromatic carbocycles. The van der Waals surface area contributed by atoms with Gasteiger partial charge in [0, 0.05) is 33.1 Å². The van der Waals surface area contributed by atoms with Gasteiger partial charge in [0.1, 0.15) is 0 Å². The smallest absolute Gasteiger partial charge is 0.223 e. The van der Waals surface area contributed by atoms with Gasteiger partial charge in [0.25, 0.3) is 0 Å². The number of aromatic amines is 1. The normalized spacial score (nSPS) is 18.6. The van der Waals surface area contributed by atoms with Crippen LogP contribution in [0, 0.1) is 5.92 Å². The Kier molecular flexibility index (Phi) is 3.48. The largest absolute Gasteiger partial charge is 0.358 e. The molecule has 3 nitrogen and oxygen atoms in total. The standard InChI is InChI=1S/C17H21ClN2O/c1-17(2,3)20-16(21)10-4-6-14-12(8-10)13-9-11(18)5-7-15(13)19-14/h5,7,9-10,19H,4,6,8H2,1-3H3,(H,20,21). The maximum Gasteiger partial charge on any atom is 0.223 e. The highest BCUT2D eigenvalue weighted by molar-refractivity contribution is 6.31. The minimum Gasteiger partial charge on any atom is -0.358 e. The van der Waals surface area contributed by atoms with Crippen LogP contribution < -0.4 is 5.32 Å². The van der Waals surface area contributed by atoms with Gasteiger partial charge in [-0.25, -0.2) is 0 Å². The number of carbonyl (C=O) groups excluding carboxylic acids is 1. The number of carbonyl (C=O) groups is 1. The fourth-order valence-electron chi connectivity index (χ4n) is 3.08. The van der Waals surface area contributed by atoms with E-state index in [2.05, 4.69) is 10.3 Å². The third-order valence-electron chi connectivity index (χ3n) is 4.02. The van der Waals surface area contributed by atoms with Crippen molar-refractivity contribution in [2.75, 3.05) is 0 Å². The second-order valence-corrected chi connectivity index (χ2v) is 7.39. The van der Waals surface area contributed by atoms with Crippen LogP contribution in [-0.4, -0.2) is 16.4 Å². The summed E-state index contributed by atoms with van der Waals surface area (Å²) >= 11 is 6.11. The van der Waals surface area contributed by atoms with Gasteiger partial charge in [0.2, 0.25) is 5.91 Å². The average Bonchev–Trinajstić information content (AvgIpc) is 2.74. The summed E-state index contributed by atoms with van der Waals surface area (Å²) in [6, 6.07) is 5.91. The summed E-state index contributed by atoms with van der Waals surface area (Å²) in [5, 5.41) is 5.00. The average molecular weight is 305 g/mol. The van der Waals surface area contributed by atoms with Crippen molar-refractivity contribution in [3.05, 3.63) is 34.5 Å². The molecule has 1 aliphatic carbocycles. The van der Waals surface area contributed by atoms with Gasteiger partial charge < -0.3 is 10.3 Å². The van der Waals surface area contributed by atoms with Crippen molar-refractivity contribution in [2.24, 2.45) is 5.92 Å². The Morgan fingerprint density at radius 1 is 1.38 bits per heavy atom. The van der Waals surface area contributed by atoms with E-state index >= 15 is 0 Å². The van der Waals surface area contributed by atoms with Crippen LogP contribution >= 0.6 is 11.6 Å². The quantitative estimate of drug-likeness (QED) is 0.826. The molecular weight excluding hydrogens is 284 g/mol. The first-order valence-corrected chi connectivity index (χ1v) is 7.82. The molecule has 1 aliphatic rings. The number of halogens is 1. The van der Waals surface area contributed by atoms with Crippen molar-refractivity contribution in [3.63, 3.8) is 0 Å². The van der Waals surface area contributed by atoms with Crippen LogP contribution in [0.3, 0.4) is 0 Å². The fourth-order valence-corrected chi connectivity index (χ4v) is 3.26. The first kappa shape index (κ1) is 14.5. The van der Waals surface area contributed by atoms with Crippen LogP contribution in [0.5, 0.6) is 0 Å². The molecule has 1 heterocycles. The van der Waals surface area contributed by atoms with Gasteiger partial charge in [-0.3, -0.25) is 4.79 Å². The van der Waals surface area contributed by atoms with Crippen molar-refractivity contribution < 1.29 is 4.79 Å². The number of aryl methyl sites for hydroxylation is 1. The Bertz CT molecular complexity index is 697. The lowest BCUT2D eigenvalue weighted by molar-refractivity contribution is -0.126. The molecule has 0 spiro atoms. The summed E-state index contributed by atoms with van der Waals surface area (Å²) in [5.41, 5.74) is 3.45. The van der Waals surface area contributed by atoms with E-state index in [9.17, 15) is 4.79 Å². The van der Waals surface area contributed by atoms with Crippen molar-refractivity contribution in [3.8, 4) is 0 Å². The Morgan fingerprint density at radius 2 is 2.14 bits per heavy atom.